The second-order valence-corrected chi connectivity index (χ2v) is 5.08. The Labute approximate surface area is 126 Å². The molecule has 0 saturated carbocycles. The van der Waals surface area contributed by atoms with Crippen LogP contribution in [0.1, 0.15) is 71.1 Å². The van der Waals surface area contributed by atoms with Gasteiger partial charge in [0.1, 0.15) is 0 Å². The van der Waals surface area contributed by atoms with E-state index in [0.29, 0.717) is 0 Å². The number of nitrogens with zero attached hydrogens (tertiary/aromatic N) is 1. The molecule has 0 aliphatic heterocycles. The van der Waals surface area contributed by atoms with E-state index in [-0.39, 0.29) is 0 Å². The van der Waals surface area contributed by atoms with Crippen molar-refractivity contribution in [2.45, 2.75) is 71.1 Å². The van der Waals surface area contributed by atoms with E-state index in [1.54, 1.807) is 0 Å². The zero-order valence-electron chi connectivity index (χ0n) is 13.6. The molecular formula is C19H33N. The summed E-state index contributed by atoms with van der Waals surface area (Å²) in [6.07, 6.45) is 28.0. The van der Waals surface area contributed by atoms with Gasteiger partial charge >= 0.3 is 0 Å². The first-order valence-electron chi connectivity index (χ1n) is 8.27. The predicted molar refractivity (Wildman–Crippen MR) is 93.7 cm³/mol. The highest BCUT2D eigenvalue weighted by Crippen LogP contribution is 2.07. The Balaban J connectivity index is 3.21. The fraction of sp³-hybridized carbons (Fsp3) is 0.632. The minimum atomic E-state index is 1.07. The summed E-state index contributed by atoms with van der Waals surface area (Å²) in [6, 6.07) is 0. The lowest BCUT2D eigenvalue weighted by atomic mass is 10.1. The van der Waals surface area contributed by atoms with Gasteiger partial charge < -0.3 is 4.99 Å². The maximum atomic E-state index is 4.00. The van der Waals surface area contributed by atoms with Crippen molar-refractivity contribution in [3.05, 3.63) is 36.5 Å². The molecule has 0 rings (SSSR count). The fourth-order valence-corrected chi connectivity index (χ4v) is 1.98. The average molecular weight is 275 g/mol. The van der Waals surface area contributed by atoms with Gasteiger partial charge in [0, 0.05) is 7.05 Å². The van der Waals surface area contributed by atoms with E-state index < -0.39 is 0 Å². The lowest BCUT2D eigenvalue weighted by Crippen LogP contribution is -1.80. The minimum absolute atomic E-state index is 1.07. The quantitative estimate of drug-likeness (QED) is 0.213. The molecule has 0 saturated heterocycles. The molecule has 0 N–H and O–H groups in total. The first kappa shape index (κ1) is 18.9. The number of hydrogen-bond acceptors (Lipinski definition) is 1. The van der Waals surface area contributed by atoms with Crippen LogP contribution in [0.25, 0.3) is 0 Å². The summed E-state index contributed by atoms with van der Waals surface area (Å²) in [4.78, 5) is 4.00. The second-order valence-electron chi connectivity index (χ2n) is 5.08. The minimum Gasteiger partial charge on any atom is -0.301 e. The van der Waals surface area contributed by atoms with Crippen LogP contribution < -0.4 is 0 Å². The SMILES string of the molecule is CC/C=C\C/C=C\C/C=C\CCCCCCCC=NC. The van der Waals surface area contributed by atoms with Gasteiger partial charge in [0.25, 0.3) is 0 Å². The number of unbranched alkanes of at least 4 members (excludes halogenated alkanes) is 6. The lowest BCUT2D eigenvalue weighted by molar-refractivity contribution is 0.628. The number of hydrogen-bond donors (Lipinski definition) is 0. The monoisotopic (exact) mass is 275 g/mol. The topological polar surface area (TPSA) is 12.4 Å². The molecule has 0 atom stereocenters. The standard InChI is InChI=1S/C19H33N/c1-3-4-5-6-7-8-9-10-11-12-13-14-15-16-17-18-19-20-2/h4-5,7-8,10-11,19H,3,6,9,12-18H2,1-2H3/b5-4-,8-7-,11-10-,20-19?. The van der Waals surface area contributed by atoms with Crippen LogP contribution in [-0.2, 0) is 0 Å². The Morgan fingerprint density at radius 1 is 0.650 bits per heavy atom. The molecule has 0 aromatic heterocycles. The molecule has 0 aromatic carbocycles. The molecule has 0 aromatic rings. The van der Waals surface area contributed by atoms with Gasteiger partial charge in [-0.05, 0) is 51.2 Å². The zero-order chi connectivity index (χ0) is 14.7. The van der Waals surface area contributed by atoms with Crippen LogP contribution in [0.5, 0.6) is 0 Å². The Bertz CT molecular complexity index is 284. The van der Waals surface area contributed by atoms with Gasteiger partial charge in [0.05, 0.1) is 0 Å². The number of allylic oxidation sites excluding steroid dienone is 6. The third-order valence-electron chi connectivity index (χ3n) is 3.17. The van der Waals surface area contributed by atoms with E-state index in [2.05, 4.69) is 48.4 Å². The summed E-state index contributed by atoms with van der Waals surface area (Å²) in [7, 11) is 1.85. The van der Waals surface area contributed by atoms with Gasteiger partial charge in [-0.25, -0.2) is 0 Å². The van der Waals surface area contributed by atoms with Crippen molar-refractivity contribution in [2.24, 2.45) is 4.99 Å². The number of rotatable bonds is 13. The normalized spacial score (nSPS) is 12.7. The molecule has 0 aliphatic rings. The first-order chi connectivity index (χ1) is 9.91. The van der Waals surface area contributed by atoms with Crippen LogP contribution in [0.15, 0.2) is 41.4 Å². The molecule has 1 heteroatoms. The van der Waals surface area contributed by atoms with Crippen LogP contribution in [0, 0.1) is 0 Å². The molecule has 1 nitrogen and oxygen atoms in total. The highest BCUT2D eigenvalue weighted by molar-refractivity contribution is 5.56. The fourth-order valence-electron chi connectivity index (χ4n) is 1.98. The van der Waals surface area contributed by atoms with Crippen LogP contribution in [0.3, 0.4) is 0 Å². The third kappa shape index (κ3) is 16.9. The van der Waals surface area contributed by atoms with E-state index in [9.17, 15) is 0 Å². The van der Waals surface area contributed by atoms with Crippen molar-refractivity contribution < 1.29 is 0 Å². The molecular weight excluding hydrogens is 242 g/mol. The van der Waals surface area contributed by atoms with Gasteiger partial charge in [-0.2, -0.15) is 0 Å². The van der Waals surface area contributed by atoms with E-state index >= 15 is 0 Å². The van der Waals surface area contributed by atoms with Crippen molar-refractivity contribution in [1.82, 2.24) is 0 Å². The Morgan fingerprint density at radius 3 is 1.85 bits per heavy atom. The summed E-state index contributed by atoms with van der Waals surface area (Å²) in [6.45, 7) is 2.17. The van der Waals surface area contributed by atoms with Gasteiger partial charge in [-0.1, -0.05) is 62.6 Å². The summed E-state index contributed by atoms with van der Waals surface area (Å²) >= 11 is 0. The Morgan fingerprint density at radius 2 is 1.20 bits per heavy atom. The van der Waals surface area contributed by atoms with E-state index in [1.807, 2.05) is 13.3 Å². The highest BCUT2D eigenvalue weighted by atomic mass is 14.6. The molecule has 0 aliphatic carbocycles. The van der Waals surface area contributed by atoms with Crippen molar-refractivity contribution in [3.8, 4) is 0 Å². The summed E-state index contributed by atoms with van der Waals surface area (Å²) in [5.41, 5.74) is 0. The molecule has 0 fully saturated rings. The van der Waals surface area contributed by atoms with Gasteiger partial charge in [0.15, 0.2) is 0 Å². The van der Waals surface area contributed by atoms with Gasteiger partial charge in [-0.3, -0.25) is 0 Å². The maximum Gasteiger partial charge on any atom is 0.0273 e. The molecule has 20 heavy (non-hydrogen) atoms. The van der Waals surface area contributed by atoms with Crippen molar-refractivity contribution >= 4 is 6.21 Å². The molecule has 0 radical (unpaired) electrons. The molecule has 0 amide bonds. The molecule has 0 bridgehead atoms. The second kappa shape index (κ2) is 17.9. The highest BCUT2D eigenvalue weighted by Gasteiger charge is 1.88. The summed E-state index contributed by atoms with van der Waals surface area (Å²) < 4.78 is 0. The predicted octanol–water partition coefficient (Wildman–Crippen LogP) is 6.28. The molecule has 0 unspecified atom stereocenters. The van der Waals surface area contributed by atoms with Crippen molar-refractivity contribution in [2.75, 3.05) is 7.05 Å². The van der Waals surface area contributed by atoms with Crippen LogP contribution in [0.2, 0.25) is 0 Å². The zero-order valence-corrected chi connectivity index (χ0v) is 13.6. The molecule has 114 valence electrons. The Kier molecular flexibility index (Phi) is 16.9. The van der Waals surface area contributed by atoms with E-state index in [4.69, 9.17) is 0 Å². The summed E-state index contributed by atoms with van der Waals surface area (Å²) in [5.74, 6) is 0. The third-order valence-corrected chi connectivity index (χ3v) is 3.17. The first-order valence-corrected chi connectivity index (χ1v) is 8.27. The van der Waals surface area contributed by atoms with E-state index in [1.165, 1.54) is 38.5 Å². The largest absolute Gasteiger partial charge is 0.301 e. The molecule has 0 heterocycles. The van der Waals surface area contributed by atoms with Crippen LogP contribution in [0.4, 0.5) is 0 Å². The molecule has 0 spiro atoms. The van der Waals surface area contributed by atoms with E-state index in [0.717, 1.165) is 25.7 Å². The van der Waals surface area contributed by atoms with Crippen molar-refractivity contribution in [3.63, 3.8) is 0 Å². The van der Waals surface area contributed by atoms with Crippen LogP contribution >= 0.6 is 0 Å². The summed E-state index contributed by atoms with van der Waals surface area (Å²) in [5, 5.41) is 0. The average Bonchev–Trinajstić information content (AvgIpc) is 2.47. The number of aliphatic imine (C=N–C) groups is 1. The van der Waals surface area contributed by atoms with Gasteiger partial charge in [0.2, 0.25) is 0 Å². The van der Waals surface area contributed by atoms with Gasteiger partial charge in [-0.15, -0.1) is 0 Å². The smallest absolute Gasteiger partial charge is 0.0273 e. The Hall–Kier alpha value is -1.11. The van der Waals surface area contributed by atoms with Crippen LogP contribution in [-0.4, -0.2) is 13.3 Å². The van der Waals surface area contributed by atoms with Crippen molar-refractivity contribution in [1.29, 1.82) is 0 Å². The maximum absolute atomic E-state index is 4.00. The lowest BCUT2D eigenvalue weighted by Gasteiger charge is -1.97.